The normalized spacial score (nSPS) is 20.7. The number of ether oxygens (including phenoxy) is 1. The Kier molecular flexibility index (Phi) is 5.10. The van der Waals surface area contributed by atoms with Crippen molar-refractivity contribution in [2.45, 2.75) is 26.9 Å². The van der Waals surface area contributed by atoms with Crippen LogP contribution < -0.4 is 9.64 Å². The lowest BCUT2D eigenvalue weighted by Gasteiger charge is -2.34. The second kappa shape index (κ2) is 7.27. The molecule has 0 spiro atoms. The van der Waals surface area contributed by atoms with E-state index in [4.69, 9.17) is 9.15 Å². The number of piperidine rings is 1. The number of aromatic nitrogens is 1. The van der Waals surface area contributed by atoms with Gasteiger partial charge in [-0.2, -0.15) is 10.2 Å². The molecule has 1 aromatic carbocycles. The van der Waals surface area contributed by atoms with Gasteiger partial charge in [-0.25, -0.2) is 0 Å². The maximum Gasteiger partial charge on any atom is 0.236 e. The molecule has 6 heteroatoms. The Morgan fingerprint density at radius 1 is 1.29 bits per heavy atom. The summed E-state index contributed by atoms with van der Waals surface area (Å²) < 4.78 is 12.5. The third-order valence-corrected chi connectivity index (χ3v) is 4.62. The zero-order valence-electron chi connectivity index (χ0n) is 13.8. The number of anilines is 1. The first-order chi connectivity index (χ1) is 11.5. The lowest BCUT2D eigenvalue weighted by Crippen LogP contribution is -2.38. The van der Waals surface area contributed by atoms with Crippen molar-refractivity contribution in [2.75, 3.05) is 18.0 Å². The van der Waals surface area contributed by atoms with E-state index in [2.05, 4.69) is 45.7 Å². The van der Waals surface area contributed by atoms with Crippen LogP contribution in [0.1, 0.15) is 31.9 Å². The van der Waals surface area contributed by atoms with E-state index >= 15 is 0 Å². The molecule has 1 aliphatic heterocycles. The van der Waals surface area contributed by atoms with Crippen LogP contribution in [-0.4, -0.2) is 18.1 Å². The molecule has 1 aromatic heterocycles. The maximum atomic E-state index is 9.36. The average Bonchev–Trinajstić information content (AvgIpc) is 2.97. The minimum absolute atomic E-state index is 0.204. The van der Waals surface area contributed by atoms with E-state index in [1.165, 1.54) is 6.42 Å². The monoisotopic (exact) mass is 389 g/mol. The summed E-state index contributed by atoms with van der Waals surface area (Å²) in [7, 11) is 0. The molecule has 0 amide bonds. The maximum absolute atomic E-state index is 9.36. The lowest BCUT2D eigenvalue weighted by atomic mass is 9.92. The number of rotatable bonds is 4. The molecular weight excluding hydrogens is 370 g/mol. The van der Waals surface area contributed by atoms with Gasteiger partial charge >= 0.3 is 0 Å². The highest BCUT2D eigenvalue weighted by Crippen LogP contribution is 2.29. The molecule has 2 heterocycles. The predicted molar refractivity (Wildman–Crippen MR) is 94.9 cm³/mol. The summed E-state index contributed by atoms with van der Waals surface area (Å²) in [4.78, 5) is 6.42. The molecule has 1 saturated heterocycles. The molecule has 0 N–H and O–H groups in total. The largest absolute Gasteiger partial charge is 0.484 e. The molecule has 3 rings (SSSR count). The summed E-state index contributed by atoms with van der Waals surface area (Å²) in [6.45, 7) is 6.43. The van der Waals surface area contributed by atoms with E-state index in [0.717, 1.165) is 23.3 Å². The molecule has 0 saturated carbocycles. The van der Waals surface area contributed by atoms with E-state index < -0.39 is 0 Å². The van der Waals surface area contributed by atoms with Gasteiger partial charge in [0.05, 0.1) is 0 Å². The fraction of sp³-hybridized carbons (Fsp3) is 0.444. The third kappa shape index (κ3) is 3.90. The number of hydrogen-bond donors (Lipinski definition) is 0. The zero-order chi connectivity index (χ0) is 17.1. The van der Waals surface area contributed by atoms with E-state index in [1.54, 1.807) is 0 Å². The van der Waals surface area contributed by atoms with Crippen LogP contribution in [0.4, 0.5) is 5.88 Å². The first-order valence-corrected chi connectivity index (χ1v) is 8.87. The Morgan fingerprint density at radius 2 is 1.96 bits per heavy atom. The number of nitriles is 1. The summed E-state index contributed by atoms with van der Waals surface area (Å²) in [6, 6.07) is 9.70. The molecule has 0 unspecified atom stereocenters. The van der Waals surface area contributed by atoms with E-state index in [0.29, 0.717) is 29.3 Å². The van der Waals surface area contributed by atoms with Crippen LogP contribution in [0.15, 0.2) is 33.2 Å². The minimum Gasteiger partial charge on any atom is -0.484 e. The highest BCUT2D eigenvalue weighted by atomic mass is 79.9. The fourth-order valence-electron chi connectivity index (χ4n) is 3.21. The van der Waals surface area contributed by atoms with Gasteiger partial charge in [0.15, 0.2) is 6.61 Å². The quantitative estimate of drug-likeness (QED) is 0.776. The van der Waals surface area contributed by atoms with Crippen molar-refractivity contribution in [2.24, 2.45) is 11.8 Å². The van der Waals surface area contributed by atoms with Crippen molar-refractivity contribution in [1.29, 1.82) is 5.26 Å². The smallest absolute Gasteiger partial charge is 0.236 e. The Bertz CT molecular complexity index is 726. The van der Waals surface area contributed by atoms with Gasteiger partial charge in [0.1, 0.15) is 11.8 Å². The van der Waals surface area contributed by atoms with Gasteiger partial charge in [-0.05, 0) is 42.5 Å². The van der Waals surface area contributed by atoms with Crippen LogP contribution in [-0.2, 0) is 6.61 Å². The van der Waals surface area contributed by atoms with E-state index in [1.807, 2.05) is 24.3 Å². The Hall–Kier alpha value is -2.00. The summed E-state index contributed by atoms with van der Waals surface area (Å²) in [6.07, 6.45) is 1.20. The molecule has 1 fully saturated rings. The van der Waals surface area contributed by atoms with Gasteiger partial charge in [-0.15, -0.1) is 0 Å². The molecule has 1 aliphatic rings. The van der Waals surface area contributed by atoms with Gasteiger partial charge in [0.25, 0.3) is 0 Å². The van der Waals surface area contributed by atoms with Crippen LogP contribution in [0.25, 0.3) is 0 Å². The summed E-state index contributed by atoms with van der Waals surface area (Å²) in [5.41, 5.74) is 0.339. The number of benzene rings is 1. The second-order valence-electron chi connectivity index (χ2n) is 6.47. The van der Waals surface area contributed by atoms with Gasteiger partial charge in [-0.1, -0.05) is 29.8 Å². The van der Waals surface area contributed by atoms with E-state index in [-0.39, 0.29) is 6.61 Å². The third-order valence-electron chi connectivity index (χ3n) is 4.09. The second-order valence-corrected chi connectivity index (χ2v) is 7.38. The van der Waals surface area contributed by atoms with Gasteiger partial charge < -0.3 is 14.1 Å². The number of oxazole rings is 1. The van der Waals surface area contributed by atoms with Crippen LogP contribution in [0.3, 0.4) is 0 Å². The minimum atomic E-state index is 0.204. The zero-order valence-corrected chi connectivity index (χ0v) is 15.4. The Morgan fingerprint density at radius 3 is 2.58 bits per heavy atom. The van der Waals surface area contributed by atoms with Crippen LogP contribution in [0, 0.1) is 23.2 Å². The molecule has 126 valence electrons. The van der Waals surface area contributed by atoms with Crippen molar-refractivity contribution in [3.8, 4) is 11.8 Å². The molecule has 2 aromatic rings. The molecule has 0 bridgehead atoms. The summed E-state index contributed by atoms with van der Waals surface area (Å²) >= 11 is 3.39. The first-order valence-electron chi connectivity index (χ1n) is 8.08. The summed E-state index contributed by atoms with van der Waals surface area (Å²) in [5, 5.41) is 9.36. The predicted octanol–water partition coefficient (Wildman–Crippen LogP) is 4.37. The molecule has 2 atom stereocenters. The van der Waals surface area contributed by atoms with Crippen molar-refractivity contribution in [3.63, 3.8) is 0 Å². The van der Waals surface area contributed by atoms with Gasteiger partial charge in [0, 0.05) is 17.6 Å². The van der Waals surface area contributed by atoms with Crippen LogP contribution in [0.5, 0.6) is 5.75 Å². The topological polar surface area (TPSA) is 62.3 Å². The SMILES string of the molecule is C[C@@H]1C[C@H](C)CN(c2oc(COc3ccc(Br)cc3)nc2C#N)C1. The van der Waals surface area contributed by atoms with Crippen LogP contribution in [0.2, 0.25) is 0 Å². The number of nitrogens with zero attached hydrogens (tertiary/aromatic N) is 3. The molecule has 0 radical (unpaired) electrons. The van der Waals surface area contributed by atoms with Crippen molar-refractivity contribution in [1.82, 2.24) is 4.98 Å². The van der Waals surface area contributed by atoms with Crippen molar-refractivity contribution >= 4 is 21.8 Å². The lowest BCUT2D eigenvalue weighted by molar-refractivity contribution is 0.260. The molecule has 0 aliphatic carbocycles. The standard InChI is InChI=1S/C18H20BrN3O2/c1-12-7-13(2)10-22(9-12)18-16(8-20)21-17(24-18)11-23-15-5-3-14(19)4-6-15/h3-6,12-13H,7,9-11H2,1-2H3/t12-,13+. The van der Waals surface area contributed by atoms with Crippen LogP contribution >= 0.6 is 15.9 Å². The van der Waals surface area contributed by atoms with Gasteiger partial charge in [0.2, 0.25) is 17.5 Å². The number of halogens is 1. The molecule has 5 nitrogen and oxygen atoms in total. The van der Waals surface area contributed by atoms with E-state index in [9.17, 15) is 5.26 Å². The molecular formula is C18H20BrN3O2. The van der Waals surface area contributed by atoms with Crippen molar-refractivity contribution in [3.05, 3.63) is 40.3 Å². The summed E-state index contributed by atoms with van der Waals surface area (Å²) in [5.74, 6) is 2.89. The average molecular weight is 390 g/mol. The molecule has 24 heavy (non-hydrogen) atoms. The first kappa shape index (κ1) is 16.8. The highest BCUT2D eigenvalue weighted by molar-refractivity contribution is 9.10. The highest BCUT2D eigenvalue weighted by Gasteiger charge is 2.27. The Balaban J connectivity index is 1.73. The van der Waals surface area contributed by atoms with Gasteiger partial charge in [-0.3, -0.25) is 0 Å². The Labute approximate surface area is 150 Å². The fourth-order valence-corrected chi connectivity index (χ4v) is 3.47. The van der Waals surface area contributed by atoms with Crippen molar-refractivity contribution < 1.29 is 9.15 Å². The number of hydrogen-bond acceptors (Lipinski definition) is 5.